The molecule has 5 nitrogen and oxygen atoms in total. The van der Waals surface area contributed by atoms with Gasteiger partial charge in [-0.15, -0.1) is 0 Å². The Morgan fingerprint density at radius 1 is 1.28 bits per heavy atom. The molecule has 2 aromatic rings. The normalized spacial score (nSPS) is 11.5. The lowest BCUT2D eigenvalue weighted by Crippen LogP contribution is -2.20. The van der Waals surface area contributed by atoms with Crippen LogP contribution >= 0.6 is 23.2 Å². The van der Waals surface area contributed by atoms with Crippen molar-refractivity contribution < 1.29 is 18.7 Å². The molecule has 0 radical (unpaired) electrons. The number of ketones is 1. The van der Waals surface area contributed by atoms with Crippen LogP contribution in [0.5, 0.6) is 0 Å². The van der Waals surface area contributed by atoms with Crippen LogP contribution in [0.15, 0.2) is 30.0 Å². The summed E-state index contributed by atoms with van der Waals surface area (Å²) in [6.45, 7) is 1.75. The molecular weight excluding hydrogens is 370 g/mol. The Labute approximate surface area is 154 Å². The van der Waals surface area contributed by atoms with Gasteiger partial charge < -0.3 is 9.64 Å². The Kier molecular flexibility index (Phi) is 5.98. The van der Waals surface area contributed by atoms with E-state index in [1.54, 1.807) is 21.0 Å². The molecule has 0 unspecified atom stereocenters. The van der Waals surface area contributed by atoms with Gasteiger partial charge in [0.1, 0.15) is 16.5 Å². The number of carbonyl (C=O) groups excluding carboxylic acids is 2. The van der Waals surface area contributed by atoms with E-state index in [1.165, 1.54) is 23.2 Å². The number of fused-ring (bicyclic) bond motifs is 1. The van der Waals surface area contributed by atoms with Gasteiger partial charge in [-0.25, -0.2) is 14.2 Å². The molecule has 0 N–H and O–H groups in total. The zero-order valence-corrected chi connectivity index (χ0v) is 15.3. The number of rotatable bonds is 5. The lowest BCUT2D eigenvalue weighted by molar-refractivity contribution is -0.138. The van der Waals surface area contributed by atoms with Crippen molar-refractivity contribution in [1.29, 1.82) is 0 Å². The number of ether oxygens (including phenoxy) is 1. The van der Waals surface area contributed by atoms with Crippen molar-refractivity contribution in [2.24, 2.45) is 0 Å². The predicted molar refractivity (Wildman–Crippen MR) is 94.5 cm³/mol. The molecule has 0 aliphatic rings. The van der Waals surface area contributed by atoms with Crippen molar-refractivity contribution in [2.75, 3.05) is 20.7 Å². The first-order valence-corrected chi connectivity index (χ1v) is 8.05. The van der Waals surface area contributed by atoms with Gasteiger partial charge in [-0.1, -0.05) is 23.2 Å². The molecule has 0 aliphatic carbocycles. The second-order valence-corrected chi connectivity index (χ2v) is 6.11. The molecule has 1 heterocycles. The van der Waals surface area contributed by atoms with Crippen LogP contribution in [-0.4, -0.2) is 42.3 Å². The van der Waals surface area contributed by atoms with E-state index in [2.05, 4.69) is 4.98 Å². The van der Waals surface area contributed by atoms with E-state index in [0.717, 1.165) is 6.07 Å². The van der Waals surface area contributed by atoms with Gasteiger partial charge in [-0.3, -0.25) is 4.79 Å². The molecule has 8 heteroatoms. The number of aromatic nitrogens is 1. The third-order valence-corrected chi connectivity index (χ3v) is 3.76. The monoisotopic (exact) mass is 384 g/mol. The molecule has 0 saturated heterocycles. The van der Waals surface area contributed by atoms with Crippen LogP contribution in [0.3, 0.4) is 0 Å². The highest BCUT2D eigenvalue weighted by molar-refractivity contribution is 6.36. The zero-order valence-electron chi connectivity index (χ0n) is 13.8. The summed E-state index contributed by atoms with van der Waals surface area (Å²) in [7, 11) is 3.31. The summed E-state index contributed by atoms with van der Waals surface area (Å²) in [5, 5.41) is 0.117. The quantitative estimate of drug-likeness (QED) is 0.195. The Balaban J connectivity index is 2.58. The minimum Gasteiger partial charge on any atom is -0.462 e. The van der Waals surface area contributed by atoms with E-state index in [1.807, 2.05) is 0 Å². The number of halogens is 3. The lowest BCUT2D eigenvalue weighted by Gasteiger charge is -2.12. The van der Waals surface area contributed by atoms with E-state index in [0.29, 0.717) is 10.9 Å². The minimum absolute atomic E-state index is 0.0305. The number of esters is 1. The summed E-state index contributed by atoms with van der Waals surface area (Å²) in [5.41, 5.74) is 0.101. The van der Waals surface area contributed by atoms with Gasteiger partial charge in [-0.05, 0) is 25.1 Å². The first-order chi connectivity index (χ1) is 11.7. The number of hydrogen-bond donors (Lipinski definition) is 0. The Morgan fingerprint density at radius 2 is 1.96 bits per heavy atom. The third kappa shape index (κ3) is 4.27. The van der Waals surface area contributed by atoms with Crippen LogP contribution in [-0.2, 0) is 9.53 Å². The predicted octanol–water partition coefficient (Wildman–Crippen LogP) is 3.87. The van der Waals surface area contributed by atoms with Gasteiger partial charge in [0.15, 0.2) is 0 Å². The summed E-state index contributed by atoms with van der Waals surface area (Å²) in [6.07, 6.45) is 1.34. The van der Waals surface area contributed by atoms with Crippen molar-refractivity contribution in [3.63, 3.8) is 0 Å². The van der Waals surface area contributed by atoms with Crippen molar-refractivity contribution >= 4 is 45.9 Å². The average Bonchev–Trinajstić information content (AvgIpc) is 2.53. The molecule has 1 aromatic heterocycles. The molecule has 0 atom stereocenters. The maximum atomic E-state index is 13.7. The Bertz CT molecular complexity index is 882. The molecule has 1 aromatic carbocycles. The Hall–Kier alpha value is -2.18. The third-order valence-electron chi connectivity index (χ3n) is 3.18. The van der Waals surface area contributed by atoms with Gasteiger partial charge in [0.05, 0.1) is 22.7 Å². The fourth-order valence-corrected chi connectivity index (χ4v) is 2.51. The van der Waals surface area contributed by atoms with Crippen molar-refractivity contribution in [2.45, 2.75) is 6.92 Å². The van der Waals surface area contributed by atoms with Gasteiger partial charge in [0.25, 0.3) is 0 Å². The van der Waals surface area contributed by atoms with Gasteiger partial charge in [0, 0.05) is 25.7 Å². The van der Waals surface area contributed by atoms with E-state index in [4.69, 9.17) is 27.9 Å². The van der Waals surface area contributed by atoms with E-state index < -0.39 is 17.6 Å². The number of hydrogen-bond acceptors (Lipinski definition) is 5. The molecule has 0 spiro atoms. The summed E-state index contributed by atoms with van der Waals surface area (Å²) in [4.78, 5) is 30.5. The molecule has 2 rings (SSSR count). The van der Waals surface area contributed by atoms with Crippen molar-refractivity contribution in [3.8, 4) is 0 Å². The zero-order chi connectivity index (χ0) is 18.7. The van der Waals surface area contributed by atoms with Crippen molar-refractivity contribution in [3.05, 3.63) is 51.5 Å². The summed E-state index contributed by atoms with van der Waals surface area (Å²) < 4.78 is 18.6. The van der Waals surface area contributed by atoms with Crippen LogP contribution in [0.1, 0.15) is 17.3 Å². The molecule has 0 aliphatic heterocycles. The molecule has 0 fully saturated rings. The molecule has 0 bridgehead atoms. The number of pyridine rings is 1. The maximum Gasteiger partial charge on any atom is 0.343 e. The topological polar surface area (TPSA) is 59.5 Å². The van der Waals surface area contributed by atoms with Crippen LogP contribution in [0, 0.1) is 5.82 Å². The standard InChI is InChI=1S/C17H15Cl2FN2O3/c1-4-25-17(24)11(8-22(2)3)15(23)10-5-9-6-13(20)12(18)7-14(9)21-16(10)19/h5-8H,4H2,1-3H3/b11-8-. The Morgan fingerprint density at radius 3 is 2.56 bits per heavy atom. The summed E-state index contributed by atoms with van der Waals surface area (Å²) >= 11 is 11.8. The number of benzene rings is 1. The summed E-state index contributed by atoms with van der Waals surface area (Å²) in [6, 6.07) is 3.83. The highest BCUT2D eigenvalue weighted by Crippen LogP contribution is 2.27. The highest BCUT2D eigenvalue weighted by Gasteiger charge is 2.25. The fraction of sp³-hybridized carbons (Fsp3) is 0.235. The van der Waals surface area contributed by atoms with Gasteiger partial charge in [-0.2, -0.15) is 0 Å². The summed E-state index contributed by atoms with van der Waals surface area (Å²) in [5.74, 6) is -2.09. The molecule has 25 heavy (non-hydrogen) atoms. The minimum atomic E-state index is -0.778. The average molecular weight is 385 g/mol. The first-order valence-electron chi connectivity index (χ1n) is 7.30. The molecular formula is C17H15Cl2FN2O3. The van der Waals surface area contributed by atoms with Crippen LogP contribution < -0.4 is 0 Å². The smallest absolute Gasteiger partial charge is 0.343 e. The number of nitrogens with zero attached hydrogens (tertiary/aromatic N) is 2. The molecule has 0 saturated carbocycles. The van der Waals surface area contributed by atoms with E-state index in [-0.39, 0.29) is 27.9 Å². The highest BCUT2D eigenvalue weighted by atomic mass is 35.5. The van der Waals surface area contributed by atoms with Gasteiger partial charge in [0.2, 0.25) is 5.78 Å². The largest absolute Gasteiger partial charge is 0.462 e. The van der Waals surface area contributed by atoms with Crippen LogP contribution in [0.25, 0.3) is 10.9 Å². The number of carbonyl (C=O) groups is 2. The molecule has 132 valence electrons. The lowest BCUT2D eigenvalue weighted by atomic mass is 10.0. The van der Waals surface area contributed by atoms with Crippen LogP contribution in [0.2, 0.25) is 10.2 Å². The SMILES string of the molecule is CCOC(=O)/C(=C\N(C)C)C(=O)c1cc2cc(F)c(Cl)cc2nc1Cl. The van der Waals surface area contributed by atoms with Crippen LogP contribution in [0.4, 0.5) is 4.39 Å². The maximum absolute atomic E-state index is 13.7. The van der Waals surface area contributed by atoms with Crippen molar-refractivity contribution in [1.82, 2.24) is 9.88 Å². The second-order valence-electron chi connectivity index (χ2n) is 5.34. The van der Waals surface area contributed by atoms with E-state index >= 15 is 0 Å². The molecule has 0 amide bonds. The fourth-order valence-electron chi connectivity index (χ4n) is 2.12. The van der Waals surface area contributed by atoms with Gasteiger partial charge >= 0.3 is 5.97 Å². The number of Topliss-reactive ketones (excluding diaryl/α,β-unsaturated/α-hetero) is 1. The first kappa shape index (κ1) is 19.1. The van der Waals surface area contributed by atoms with E-state index in [9.17, 15) is 14.0 Å². The second kappa shape index (κ2) is 7.80.